The second-order valence-electron chi connectivity index (χ2n) is 13.2. The van der Waals surface area contributed by atoms with Gasteiger partial charge in [-0.1, -0.05) is 128 Å². The highest BCUT2D eigenvalue weighted by atomic mass is 31.2. The molecule has 0 spiro atoms. The van der Waals surface area contributed by atoms with E-state index in [-0.39, 0.29) is 18.9 Å². The third-order valence-electron chi connectivity index (χ3n) is 7.63. The van der Waals surface area contributed by atoms with Crippen LogP contribution in [0.25, 0.3) is 0 Å². The van der Waals surface area contributed by atoms with Crippen molar-refractivity contribution < 1.29 is 32.9 Å². The van der Waals surface area contributed by atoms with E-state index in [2.05, 4.69) is 24.4 Å². The maximum absolute atomic E-state index is 12.2. The van der Waals surface area contributed by atoms with E-state index in [1.165, 1.54) is 96.3 Å². The minimum absolute atomic E-state index is 0.00739. The second kappa shape index (κ2) is 28.2. The number of unbranched alkanes of at least 4 members (excludes halogenated alkanes) is 16. The Kier molecular flexibility index (Phi) is 27.6. The van der Waals surface area contributed by atoms with Crippen LogP contribution >= 0.6 is 7.82 Å². The number of aliphatic hydroxyl groups excluding tert-OH is 1. The molecule has 0 bridgehead atoms. The number of amides is 1. The predicted octanol–water partition coefficient (Wildman–Crippen LogP) is 7.99. The van der Waals surface area contributed by atoms with Crippen molar-refractivity contribution in [2.45, 2.75) is 154 Å². The molecular formula is C35H69N2O6P. The van der Waals surface area contributed by atoms with Crippen molar-refractivity contribution >= 4 is 13.7 Å². The number of rotatable bonds is 31. The van der Waals surface area contributed by atoms with E-state index in [4.69, 9.17) is 9.05 Å². The third-order valence-corrected chi connectivity index (χ3v) is 8.60. The van der Waals surface area contributed by atoms with Crippen LogP contribution < -0.4 is 10.2 Å². The van der Waals surface area contributed by atoms with E-state index < -0.39 is 26.6 Å². The zero-order chi connectivity index (χ0) is 32.9. The Labute approximate surface area is 271 Å². The monoisotopic (exact) mass is 644 g/mol. The first kappa shape index (κ1) is 43.0. The fraction of sp³-hybridized carbons (Fsp3) is 0.857. The molecule has 0 aromatic rings. The van der Waals surface area contributed by atoms with Gasteiger partial charge in [-0.2, -0.15) is 0 Å². The van der Waals surface area contributed by atoms with Crippen molar-refractivity contribution in [3.8, 4) is 0 Å². The minimum atomic E-state index is -4.56. The maximum Gasteiger partial charge on any atom is 0.268 e. The predicted molar refractivity (Wildman–Crippen MR) is 182 cm³/mol. The van der Waals surface area contributed by atoms with Gasteiger partial charge in [-0.3, -0.25) is 9.36 Å². The summed E-state index contributed by atoms with van der Waals surface area (Å²) in [7, 11) is 1.23. The molecule has 8 nitrogen and oxygen atoms in total. The van der Waals surface area contributed by atoms with Gasteiger partial charge in [-0.05, 0) is 32.1 Å². The Bertz CT molecular complexity index is 784. The summed E-state index contributed by atoms with van der Waals surface area (Å²) in [6.07, 6.45) is 31.0. The molecule has 2 N–H and O–H groups in total. The van der Waals surface area contributed by atoms with Crippen molar-refractivity contribution in [3.05, 3.63) is 24.3 Å². The van der Waals surface area contributed by atoms with Gasteiger partial charge in [-0.15, -0.1) is 0 Å². The van der Waals surface area contributed by atoms with E-state index in [9.17, 15) is 19.4 Å². The number of hydrogen-bond donors (Lipinski definition) is 2. The first-order valence-corrected chi connectivity index (χ1v) is 19.2. The van der Waals surface area contributed by atoms with Crippen LogP contribution in [-0.2, 0) is 18.4 Å². The van der Waals surface area contributed by atoms with Crippen LogP contribution in [0.2, 0.25) is 0 Å². The summed E-state index contributed by atoms with van der Waals surface area (Å²) in [6, 6.07) is -0.893. The molecule has 1 amide bonds. The van der Waals surface area contributed by atoms with Crippen LogP contribution in [-0.4, -0.2) is 68.5 Å². The van der Waals surface area contributed by atoms with Crippen molar-refractivity contribution in [2.24, 2.45) is 0 Å². The van der Waals surface area contributed by atoms with Gasteiger partial charge in [0, 0.05) is 6.42 Å². The minimum Gasteiger partial charge on any atom is -0.756 e. The smallest absolute Gasteiger partial charge is 0.268 e. The lowest BCUT2D eigenvalue weighted by molar-refractivity contribution is -0.870. The average Bonchev–Trinajstić information content (AvgIpc) is 2.95. The first-order valence-electron chi connectivity index (χ1n) is 17.7. The molecule has 0 rings (SSSR count). The maximum atomic E-state index is 12.2. The lowest BCUT2D eigenvalue weighted by atomic mass is 10.0. The Morgan fingerprint density at radius 1 is 0.773 bits per heavy atom. The molecule has 0 heterocycles. The zero-order valence-corrected chi connectivity index (χ0v) is 30.0. The number of nitrogens with one attached hydrogen (secondary N) is 1. The number of quaternary nitrogens is 1. The molecular weight excluding hydrogens is 575 g/mol. The van der Waals surface area contributed by atoms with Crippen LogP contribution in [0.15, 0.2) is 24.3 Å². The van der Waals surface area contributed by atoms with Crippen LogP contribution in [0.3, 0.4) is 0 Å². The fourth-order valence-corrected chi connectivity index (χ4v) is 5.52. The van der Waals surface area contributed by atoms with E-state index in [0.717, 1.165) is 19.3 Å². The lowest BCUT2D eigenvalue weighted by Gasteiger charge is -2.29. The van der Waals surface area contributed by atoms with Gasteiger partial charge in [-0.25, -0.2) is 0 Å². The van der Waals surface area contributed by atoms with Crippen LogP contribution in [0, 0.1) is 0 Å². The number of hydrogen-bond acceptors (Lipinski definition) is 6. The number of phosphoric acid groups is 1. The molecule has 0 aliphatic carbocycles. The van der Waals surface area contributed by atoms with Crippen molar-refractivity contribution in [1.29, 1.82) is 0 Å². The molecule has 0 radical (unpaired) electrons. The summed E-state index contributed by atoms with van der Waals surface area (Å²) < 4.78 is 22.7. The van der Waals surface area contributed by atoms with Gasteiger partial charge in [0.1, 0.15) is 13.2 Å². The van der Waals surface area contributed by atoms with Crippen LogP contribution in [0.5, 0.6) is 0 Å². The van der Waals surface area contributed by atoms with Crippen molar-refractivity contribution in [3.63, 3.8) is 0 Å². The van der Waals surface area contributed by atoms with Crippen LogP contribution in [0.1, 0.15) is 142 Å². The quantitative estimate of drug-likeness (QED) is 0.0343. The Morgan fingerprint density at radius 2 is 1.27 bits per heavy atom. The van der Waals surface area contributed by atoms with E-state index in [1.54, 1.807) is 6.08 Å². The molecule has 44 heavy (non-hydrogen) atoms. The Hall–Kier alpha value is -1.02. The number of carbonyl (C=O) groups is 1. The van der Waals surface area contributed by atoms with Gasteiger partial charge < -0.3 is 28.8 Å². The molecule has 260 valence electrons. The molecule has 0 fully saturated rings. The standard InChI is InChI=1S/C35H69N2O6P/c1-6-8-9-10-11-12-13-14-15-16-17-18-19-20-21-22-23-24-25-26-27-29-34(38)33(36-35(39)28-7-2)32-43-44(40,41)42-31-30-37(3,4)5/h23-24,27,29,33-34,38H,6-22,25-26,28,30-32H2,1-5H3,(H-,36,39,40,41)/b24-23+,29-27+. The number of phosphoric ester groups is 1. The SMILES string of the molecule is CCCCCCCCCCCCCCCCC/C=C/CC/C=C/C(O)C(COP(=O)([O-])OCC[N+](C)(C)C)NC(=O)CCC. The number of carbonyl (C=O) groups excluding carboxylic acids is 1. The summed E-state index contributed by atoms with van der Waals surface area (Å²) in [5, 5.41) is 13.3. The summed E-state index contributed by atoms with van der Waals surface area (Å²) in [4.78, 5) is 24.3. The largest absolute Gasteiger partial charge is 0.756 e. The Morgan fingerprint density at radius 3 is 1.80 bits per heavy atom. The van der Waals surface area contributed by atoms with E-state index >= 15 is 0 Å². The molecule has 3 unspecified atom stereocenters. The molecule has 0 saturated carbocycles. The van der Waals surface area contributed by atoms with E-state index in [0.29, 0.717) is 17.4 Å². The fourth-order valence-electron chi connectivity index (χ4n) is 4.80. The van der Waals surface area contributed by atoms with Gasteiger partial charge >= 0.3 is 0 Å². The van der Waals surface area contributed by atoms with Gasteiger partial charge in [0.15, 0.2) is 0 Å². The summed E-state index contributed by atoms with van der Waals surface area (Å²) >= 11 is 0. The molecule has 0 aliphatic rings. The van der Waals surface area contributed by atoms with Gasteiger partial charge in [0.25, 0.3) is 7.82 Å². The molecule has 0 aromatic carbocycles. The Balaban J connectivity index is 4.08. The summed E-state index contributed by atoms with van der Waals surface area (Å²) in [5.74, 6) is -0.262. The third kappa shape index (κ3) is 29.7. The number of aliphatic hydroxyl groups is 1. The summed E-state index contributed by atoms with van der Waals surface area (Å²) in [6.45, 7) is 4.24. The lowest BCUT2D eigenvalue weighted by Crippen LogP contribution is -2.45. The first-order chi connectivity index (χ1) is 21.0. The molecule has 0 aromatic heterocycles. The molecule has 3 atom stereocenters. The molecule has 0 saturated heterocycles. The highest BCUT2D eigenvalue weighted by Gasteiger charge is 2.22. The zero-order valence-electron chi connectivity index (χ0n) is 29.1. The van der Waals surface area contributed by atoms with Gasteiger partial charge in [0.2, 0.25) is 5.91 Å². The number of allylic oxidation sites excluding steroid dienone is 3. The normalized spacial score (nSPS) is 15.2. The molecule has 9 heteroatoms. The van der Waals surface area contributed by atoms with E-state index in [1.807, 2.05) is 34.1 Å². The second-order valence-corrected chi connectivity index (χ2v) is 14.6. The summed E-state index contributed by atoms with van der Waals surface area (Å²) in [5.41, 5.74) is 0. The highest BCUT2D eigenvalue weighted by molar-refractivity contribution is 7.45. The van der Waals surface area contributed by atoms with Crippen molar-refractivity contribution in [2.75, 3.05) is 40.9 Å². The highest BCUT2D eigenvalue weighted by Crippen LogP contribution is 2.38. The van der Waals surface area contributed by atoms with Crippen LogP contribution in [0.4, 0.5) is 0 Å². The number of nitrogens with zero attached hydrogens (tertiary/aromatic N) is 1. The number of likely N-dealkylation sites (N-methyl/N-ethyl adjacent to an activating group) is 1. The van der Waals surface area contributed by atoms with Crippen molar-refractivity contribution in [1.82, 2.24) is 5.32 Å². The average molecular weight is 645 g/mol. The molecule has 0 aliphatic heterocycles. The van der Waals surface area contributed by atoms with Gasteiger partial charge in [0.05, 0.1) is 39.9 Å². The topological polar surface area (TPSA) is 108 Å².